The van der Waals surface area contributed by atoms with Crippen molar-refractivity contribution in [1.29, 1.82) is 0 Å². The Morgan fingerprint density at radius 2 is 2.23 bits per heavy atom. The van der Waals surface area contributed by atoms with E-state index in [1.807, 2.05) is 37.3 Å². The molecule has 0 aliphatic carbocycles. The fourth-order valence-electron chi connectivity index (χ4n) is 3.41. The number of carbonyl (C=O) groups excluding carboxylic acids is 1. The smallest absolute Gasteiger partial charge is 0.255 e. The second-order valence-corrected chi connectivity index (χ2v) is 6.85. The van der Waals surface area contributed by atoms with E-state index in [-0.39, 0.29) is 18.0 Å². The number of nitrogens with one attached hydrogen (secondary N) is 3. The molecule has 0 saturated carbocycles. The fourth-order valence-corrected chi connectivity index (χ4v) is 3.41. The van der Waals surface area contributed by atoms with Gasteiger partial charge in [0, 0.05) is 30.9 Å². The molecular weight excluding hydrogens is 330 g/mol. The Labute approximate surface area is 152 Å². The Balaban J connectivity index is 1.65. The molecule has 2 unspecified atom stereocenters. The Morgan fingerprint density at radius 1 is 1.35 bits per heavy atom. The molecule has 1 aromatic carbocycles. The summed E-state index contributed by atoms with van der Waals surface area (Å²) in [6.07, 6.45) is 0.831. The Bertz CT molecular complexity index is 839. The lowest BCUT2D eigenvalue weighted by Crippen LogP contribution is -2.47. The van der Waals surface area contributed by atoms with Gasteiger partial charge in [0.1, 0.15) is 11.6 Å². The first-order valence-electron chi connectivity index (χ1n) is 8.86. The number of benzene rings is 1. The first-order valence-corrected chi connectivity index (χ1v) is 8.86. The van der Waals surface area contributed by atoms with Gasteiger partial charge in [0.2, 0.25) is 0 Å². The highest BCUT2D eigenvalue weighted by Gasteiger charge is 2.27. The van der Waals surface area contributed by atoms with Gasteiger partial charge in [0.25, 0.3) is 5.91 Å². The molecule has 7 heteroatoms. The van der Waals surface area contributed by atoms with E-state index in [1.54, 1.807) is 0 Å². The summed E-state index contributed by atoms with van der Waals surface area (Å²) in [5, 5.41) is 9.58. The van der Waals surface area contributed by atoms with Crippen molar-refractivity contribution in [1.82, 2.24) is 10.3 Å². The highest BCUT2D eigenvalue weighted by Crippen LogP contribution is 2.29. The van der Waals surface area contributed by atoms with E-state index in [1.165, 1.54) is 0 Å². The number of aryl methyl sites for hydroxylation is 1. The van der Waals surface area contributed by atoms with Crippen LogP contribution in [0.1, 0.15) is 27.9 Å². The molecule has 3 heterocycles. The van der Waals surface area contributed by atoms with Crippen LogP contribution < -0.4 is 21.7 Å². The molecule has 1 fully saturated rings. The molecule has 26 heavy (non-hydrogen) atoms. The summed E-state index contributed by atoms with van der Waals surface area (Å²) in [6.45, 7) is 3.76. The largest absolute Gasteiger partial charge is 0.380 e. The van der Waals surface area contributed by atoms with Crippen LogP contribution in [0.2, 0.25) is 0 Å². The Morgan fingerprint density at radius 3 is 3.04 bits per heavy atom. The number of fused-ring (bicyclic) bond motifs is 1. The van der Waals surface area contributed by atoms with Gasteiger partial charge < -0.3 is 26.4 Å². The van der Waals surface area contributed by atoms with Crippen LogP contribution in [-0.2, 0) is 11.3 Å². The molecule has 5 N–H and O–H groups in total. The number of ether oxygens (including phenoxy) is 1. The summed E-state index contributed by atoms with van der Waals surface area (Å²) in [5.74, 6) is 1.18. The number of hydrogen-bond donors (Lipinski definition) is 4. The molecule has 2 aliphatic rings. The second-order valence-electron chi connectivity index (χ2n) is 6.85. The molecule has 2 aliphatic heterocycles. The van der Waals surface area contributed by atoms with Gasteiger partial charge in [-0.2, -0.15) is 0 Å². The van der Waals surface area contributed by atoms with Gasteiger partial charge in [-0.3, -0.25) is 4.79 Å². The molecule has 136 valence electrons. The van der Waals surface area contributed by atoms with E-state index in [0.29, 0.717) is 31.1 Å². The third-order valence-corrected chi connectivity index (χ3v) is 4.78. The molecule has 2 atom stereocenters. The SMILES string of the molecule is Cc1cccc(Nc2nc(NC3CCOCC3N)cc3c2C(=O)NC3)c1. The zero-order valence-electron chi connectivity index (χ0n) is 14.7. The quantitative estimate of drug-likeness (QED) is 0.670. The maximum Gasteiger partial charge on any atom is 0.255 e. The zero-order chi connectivity index (χ0) is 18.1. The molecule has 1 amide bonds. The molecule has 7 nitrogen and oxygen atoms in total. The van der Waals surface area contributed by atoms with Crippen molar-refractivity contribution in [2.24, 2.45) is 5.73 Å². The average molecular weight is 353 g/mol. The highest BCUT2D eigenvalue weighted by molar-refractivity contribution is 6.03. The summed E-state index contributed by atoms with van der Waals surface area (Å²) in [7, 11) is 0. The zero-order valence-corrected chi connectivity index (χ0v) is 14.7. The van der Waals surface area contributed by atoms with Gasteiger partial charge in [0.05, 0.1) is 12.2 Å². The number of pyridine rings is 1. The third-order valence-electron chi connectivity index (χ3n) is 4.78. The van der Waals surface area contributed by atoms with Gasteiger partial charge >= 0.3 is 0 Å². The minimum absolute atomic E-state index is 0.0771. The van der Waals surface area contributed by atoms with Crippen molar-refractivity contribution >= 4 is 23.2 Å². The molecule has 2 aromatic rings. The van der Waals surface area contributed by atoms with Crippen molar-refractivity contribution < 1.29 is 9.53 Å². The number of rotatable bonds is 4. The van der Waals surface area contributed by atoms with Crippen molar-refractivity contribution in [3.63, 3.8) is 0 Å². The van der Waals surface area contributed by atoms with Crippen LogP contribution in [0.25, 0.3) is 0 Å². The standard InChI is InChI=1S/C19H23N5O2/c1-11-3-2-4-13(7-11)22-18-17-12(9-21-19(17)25)8-16(24-18)23-15-5-6-26-10-14(15)20/h2-4,7-8,14-15H,5-6,9-10,20H2,1H3,(H,21,25)(H2,22,23,24). The van der Waals surface area contributed by atoms with Crippen molar-refractivity contribution in [2.45, 2.75) is 32.0 Å². The topological polar surface area (TPSA) is 101 Å². The fraction of sp³-hybridized carbons (Fsp3) is 0.368. The van der Waals surface area contributed by atoms with Crippen LogP contribution in [0.4, 0.5) is 17.3 Å². The molecule has 0 spiro atoms. The number of anilines is 3. The number of hydrogen-bond acceptors (Lipinski definition) is 6. The van der Waals surface area contributed by atoms with E-state index in [9.17, 15) is 4.79 Å². The molecule has 1 saturated heterocycles. The van der Waals surface area contributed by atoms with E-state index < -0.39 is 0 Å². The molecule has 4 rings (SSSR count). The maximum atomic E-state index is 12.2. The van der Waals surface area contributed by atoms with Crippen molar-refractivity contribution in [3.05, 3.63) is 47.0 Å². The molecule has 0 bridgehead atoms. The van der Waals surface area contributed by atoms with Crippen molar-refractivity contribution in [2.75, 3.05) is 23.8 Å². The number of aromatic nitrogens is 1. The summed E-state index contributed by atoms with van der Waals surface area (Å²) in [4.78, 5) is 16.9. The van der Waals surface area contributed by atoms with E-state index in [4.69, 9.17) is 10.5 Å². The lowest BCUT2D eigenvalue weighted by molar-refractivity contribution is 0.0752. The van der Waals surface area contributed by atoms with Crippen LogP contribution in [0.5, 0.6) is 0 Å². The van der Waals surface area contributed by atoms with Gasteiger partial charge in [-0.1, -0.05) is 12.1 Å². The molecular formula is C19H23N5O2. The average Bonchev–Trinajstić information content (AvgIpc) is 2.98. The lowest BCUT2D eigenvalue weighted by atomic mass is 10.0. The number of nitrogens with two attached hydrogens (primary N) is 1. The van der Waals surface area contributed by atoms with E-state index in [0.717, 1.165) is 29.1 Å². The van der Waals surface area contributed by atoms with Crippen LogP contribution in [0, 0.1) is 6.92 Å². The highest BCUT2D eigenvalue weighted by atomic mass is 16.5. The van der Waals surface area contributed by atoms with Gasteiger partial charge in [-0.15, -0.1) is 0 Å². The summed E-state index contributed by atoms with van der Waals surface area (Å²) in [5.41, 5.74) is 9.72. The normalized spacial score (nSPS) is 21.8. The minimum atomic E-state index is -0.100. The maximum absolute atomic E-state index is 12.2. The second kappa shape index (κ2) is 6.93. The van der Waals surface area contributed by atoms with Crippen LogP contribution in [-0.4, -0.2) is 36.2 Å². The van der Waals surface area contributed by atoms with E-state index in [2.05, 4.69) is 20.9 Å². The van der Waals surface area contributed by atoms with Crippen LogP contribution >= 0.6 is 0 Å². The number of nitrogens with zero attached hydrogens (tertiary/aromatic N) is 1. The van der Waals surface area contributed by atoms with Gasteiger partial charge in [-0.05, 0) is 42.7 Å². The van der Waals surface area contributed by atoms with Crippen LogP contribution in [0.3, 0.4) is 0 Å². The number of carbonyl (C=O) groups is 1. The Kier molecular flexibility index (Phi) is 4.48. The lowest BCUT2D eigenvalue weighted by Gasteiger charge is -2.30. The van der Waals surface area contributed by atoms with E-state index >= 15 is 0 Å². The van der Waals surface area contributed by atoms with Crippen LogP contribution in [0.15, 0.2) is 30.3 Å². The predicted molar refractivity (Wildman–Crippen MR) is 101 cm³/mol. The minimum Gasteiger partial charge on any atom is -0.380 e. The number of amides is 1. The third kappa shape index (κ3) is 3.36. The first-order chi connectivity index (χ1) is 12.6. The predicted octanol–water partition coefficient (Wildman–Crippen LogP) is 1.91. The first kappa shape index (κ1) is 16.8. The van der Waals surface area contributed by atoms with Gasteiger partial charge in [0.15, 0.2) is 0 Å². The summed E-state index contributed by atoms with van der Waals surface area (Å²) >= 11 is 0. The summed E-state index contributed by atoms with van der Waals surface area (Å²) in [6, 6.07) is 9.94. The molecule has 1 aromatic heterocycles. The Hall–Kier alpha value is -2.64. The monoisotopic (exact) mass is 353 g/mol. The van der Waals surface area contributed by atoms with Crippen molar-refractivity contribution in [3.8, 4) is 0 Å². The molecule has 0 radical (unpaired) electrons. The summed E-state index contributed by atoms with van der Waals surface area (Å²) < 4.78 is 5.40. The van der Waals surface area contributed by atoms with Gasteiger partial charge in [-0.25, -0.2) is 4.98 Å².